The monoisotopic (exact) mass is 204 g/mol. The fraction of sp³-hybridized carbons (Fsp3) is 0.625. The van der Waals surface area contributed by atoms with Crippen LogP contribution in [0.5, 0.6) is 0 Å². The molecule has 0 amide bonds. The molecule has 0 aromatic carbocycles. The molecule has 0 aromatic rings. The SMILES string of the molecule is CC.CCOC(=O)C(=N)SC(C)=N. The van der Waals surface area contributed by atoms with Gasteiger partial charge in [0.2, 0.25) is 0 Å². The van der Waals surface area contributed by atoms with Crippen LogP contribution in [-0.4, -0.2) is 22.7 Å². The Kier molecular flexibility index (Phi) is 10.4. The molecule has 0 radical (unpaired) electrons. The van der Waals surface area contributed by atoms with Crippen LogP contribution in [0.15, 0.2) is 0 Å². The molecule has 0 aromatic heterocycles. The third-order valence-corrected chi connectivity index (χ3v) is 1.39. The minimum absolute atomic E-state index is 0.211. The molecule has 5 heteroatoms. The quantitative estimate of drug-likeness (QED) is 0.391. The van der Waals surface area contributed by atoms with E-state index in [0.29, 0.717) is 0 Å². The van der Waals surface area contributed by atoms with E-state index >= 15 is 0 Å². The molecule has 0 aliphatic rings. The molecule has 4 nitrogen and oxygen atoms in total. The summed E-state index contributed by atoms with van der Waals surface area (Å²) in [5, 5.41) is 14.0. The van der Waals surface area contributed by atoms with E-state index in [1.54, 1.807) is 6.92 Å². The van der Waals surface area contributed by atoms with E-state index in [0.717, 1.165) is 11.8 Å². The van der Waals surface area contributed by atoms with Crippen molar-refractivity contribution in [2.75, 3.05) is 6.61 Å². The van der Waals surface area contributed by atoms with Crippen LogP contribution in [0.3, 0.4) is 0 Å². The van der Waals surface area contributed by atoms with Gasteiger partial charge in [0.05, 0.1) is 11.7 Å². The summed E-state index contributed by atoms with van der Waals surface area (Å²) in [6.45, 7) is 7.45. The normalized spacial score (nSPS) is 8.00. The topological polar surface area (TPSA) is 74.0 Å². The minimum atomic E-state index is -0.663. The molecule has 0 aliphatic heterocycles. The second-order valence-corrected chi connectivity index (χ2v) is 2.93. The highest BCUT2D eigenvalue weighted by Gasteiger charge is 2.10. The van der Waals surface area contributed by atoms with Crippen molar-refractivity contribution in [3.05, 3.63) is 0 Å². The summed E-state index contributed by atoms with van der Waals surface area (Å²) in [6.07, 6.45) is 0. The first-order valence-electron chi connectivity index (χ1n) is 4.06. The number of carbonyl (C=O) groups excluding carboxylic acids is 1. The van der Waals surface area contributed by atoms with Crippen LogP contribution in [0.2, 0.25) is 0 Å². The lowest BCUT2D eigenvalue weighted by atomic mass is 10.7. The lowest BCUT2D eigenvalue weighted by Crippen LogP contribution is -2.14. The largest absolute Gasteiger partial charge is 0.461 e. The molecule has 0 saturated carbocycles. The highest BCUT2D eigenvalue weighted by molar-refractivity contribution is 8.27. The number of carbonyl (C=O) groups is 1. The molecule has 13 heavy (non-hydrogen) atoms. The van der Waals surface area contributed by atoms with Crippen molar-refractivity contribution in [3.8, 4) is 0 Å². The third kappa shape index (κ3) is 9.07. The molecule has 2 N–H and O–H groups in total. The molecular formula is C8H16N2O2S. The Morgan fingerprint density at radius 1 is 1.38 bits per heavy atom. The predicted molar refractivity (Wildman–Crippen MR) is 56.7 cm³/mol. The number of rotatable bonds is 1. The maximum Gasteiger partial charge on any atom is 0.363 e. The number of ether oxygens (including phenoxy) is 1. The van der Waals surface area contributed by atoms with E-state index in [4.69, 9.17) is 10.8 Å². The molecule has 0 saturated heterocycles. The Hall–Kier alpha value is -0.840. The van der Waals surface area contributed by atoms with Gasteiger partial charge in [-0.25, -0.2) is 4.79 Å². The van der Waals surface area contributed by atoms with Gasteiger partial charge < -0.3 is 4.74 Å². The Labute approximate surface area is 83.1 Å². The van der Waals surface area contributed by atoms with Gasteiger partial charge in [0.25, 0.3) is 0 Å². The van der Waals surface area contributed by atoms with E-state index in [1.165, 1.54) is 6.92 Å². The van der Waals surface area contributed by atoms with Crippen LogP contribution in [0.25, 0.3) is 0 Å². The van der Waals surface area contributed by atoms with Crippen molar-refractivity contribution in [2.24, 2.45) is 0 Å². The molecule has 0 bridgehead atoms. The zero-order valence-corrected chi connectivity index (χ0v) is 9.25. The van der Waals surface area contributed by atoms with Gasteiger partial charge in [0, 0.05) is 0 Å². The maximum atomic E-state index is 10.7. The van der Waals surface area contributed by atoms with Gasteiger partial charge in [0.15, 0.2) is 5.04 Å². The molecule has 0 unspecified atom stereocenters. The Bertz CT molecular complexity index is 193. The van der Waals surface area contributed by atoms with Crippen LogP contribution < -0.4 is 0 Å². The van der Waals surface area contributed by atoms with Crippen LogP contribution in [0.4, 0.5) is 0 Å². The second kappa shape index (κ2) is 9.25. The van der Waals surface area contributed by atoms with Gasteiger partial charge in [-0.15, -0.1) is 0 Å². The summed E-state index contributed by atoms with van der Waals surface area (Å²) in [7, 11) is 0. The molecule has 0 fully saturated rings. The summed E-state index contributed by atoms with van der Waals surface area (Å²) >= 11 is 0.795. The number of nitrogens with one attached hydrogen (secondary N) is 2. The average molecular weight is 204 g/mol. The zero-order valence-electron chi connectivity index (χ0n) is 8.43. The first-order valence-corrected chi connectivity index (χ1v) is 4.88. The van der Waals surface area contributed by atoms with Crippen molar-refractivity contribution in [3.63, 3.8) is 0 Å². The third-order valence-electron chi connectivity index (χ3n) is 0.716. The number of esters is 1. The standard InChI is InChI=1S/C6H10N2O2S.C2H6/c1-3-10-6(9)5(8)11-4(2)7;1-2/h7-8H,3H2,1-2H3;1-2H3. The van der Waals surface area contributed by atoms with Gasteiger partial charge in [-0.3, -0.25) is 10.8 Å². The first kappa shape index (κ1) is 14.7. The summed E-state index contributed by atoms with van der Waals surface area (Å²) in [5.41, 5.74) is 0. The molecule has 0 spiro atoms. The fourth-order valence-electron chi connectivity index (χ4n) is 0.391. The van der Waals surface area contributed by atoms with Crippen molar-refractivity contribution >= 4 is 27.8 Å². The maximum absolute atomic E-state index is 10.7. The number of hydrogen-bond acceptors (Lipinski definition) is 5. The van der Waals surface area contributed by atoms with Crippen molar-refractivity contribution in [1.29, 1.82) is 10.8 Å². The Balaban J connectivity index is 0. The number of hydrogen-bond donors (Lipinski definition) is 2. The molecule has 76 valence electrons. The Morgan fingerprint density at radius 3 is 2.15 bits per heavy atom. The number of thioether (sulfide) groups is 1. The zero-order chi connectivity index (χ0) is 10.9. The highest BCUT2D eigenvalue weighted by atomic mass is 32.2. The first-order chi connectivity index (χ1) is 6.07. The predicted octanol–water partition coefficient (Wildman–Crippen LogP) is 2.28. The lowest BCUT2D eigenvalue weighted by molar-refractivity contribution is -0.134. The fourth-order valence-corrected chi connectivity index (χ4v) is 0.840. The van der Waals surface area contributed by atoms with Crippen LogP contribution >= 0.6 is 11.8 Å². The van der Waals surface area contributed by atoms with Gasteiger partial charge in [-0.1, -0.05) is 13.8 Å². The molecule has 0 atom stereocenters. The Morgan fingerprint density at radius 2 is 1.85 bits per heavy atom. The van der Waals surface area contributed by atoms with E-state index in [9.17, 15) is 4.79 Å². The van der Waals surface area contributed by atoms with Gasteiger partial charge in [-0.2, -0.15) is 0 Å². The van der Waals surface area contributed by atoms with Crippen LogP contribution in [0.1, 0.15) is 27.7 Å². The van der Waals surface area contributed by atoms with E-state index in [1.807, 2.05) is 13.8 Å². The smallest absolute Gasteiger partial charge is 0.363 e. The molecular weight excluding hydrogens is 188 g/mol. The lowest BCUT2D eigenvalue weighted by Gasteiger charge is -2.00. The average Bonchev–Trinajstić information content (AvgIpc) is 2.07. The van der Waals surface area contributed by atoms with Gasteiger partial charge in [-0.05, 0) is 25.6 Å². The van der Waals surface area contributed by atoms with Crippen molar-refractivity contribution in [1.82, 2.24) is 0 Å². The highest BCUT2D eigenvalue weighted by Crippen LogP contribution is 2.04. The molecule has 0 heterocycles. The summed E-state index contributed by atoms with van der Waals surface area (Å²) in [6, 6.07) is 0. The van der Waals surface area contributed by atoms with E-state index in [2.05, 4.69) is 4.74 Å². The van der Waals surface area contributed by atoms with Crippen LogP contribution in [0, 0.1) is 10.8 Å². The summed E-state index contributed by atoms with van der Waals surface area (Å²) in [5.74, 6) is -0.663. The summed E-state index contributed by atoms with van der Waals surface area (Å²) < 4.78 is 4.52. The van der Waals surface area contributed by atoms with Crippen molar-refractivity contribution < 1.29 is 9.53 Å². The summed E-state index contributed by atoms with van der Waals surface area (Å²) in [4.78, 5) is 10.7. The van der Waals surface area contributed by atoms with Crippen molar-refractivity contribution in [2.45, 2.75) is 27.7 Å². The van der Waals surface area contributed by atoms with Gasteiger partial charge >= 0.3 is 5.97 Å². The van der Waals surface area contributed by atoms with E-state index in [-0.39, 0.29) is 16.7 Å². The van der Waals surface area contributed by atoms with Crippen LogP contribution in [-0.2, 0) is 9.53 Å². The van der Waals surface area contributed by atoms with E-state index < -0.39 is 5.97 Å². The molecule has 0 aliphatic carbocycles. The van der Waals surface area contributed by atoms with Gasteiger partial charge in [0.1, 0.15) is 0 Å². The minimum Gasteiger partial charge on any atom is -0.461 e. The second-order valence-electron chi connectivity index (χ2n) is 1.71. The molecule has 0 rings (SSSR count).